The molecule has 110 valence electrons. The molecule has 0 aliphatic heterocycles. The van der Waals surface area contributed by atoms with Gasteiger partial charge < -0.3 is 10.4 Å². The first-order valence-corrected chi connectivity index (χ1v) is 7.69. The molecule has 1 atom stereocenters. The van der Waals surface area contributed by atoms with Crippen LogP contribution in [0.15, 0.2) is 11.0 Å². The predicted molar refractivity (Wildman–Crippen MR) is 82.4 cm³/mol. The molecule has 20 heavy (non-hydrogen) atoms. The maximum absolute atomic E-state index is 11.0. The first-order chi connectivity index (χ1) is 9.23. The van der Waals surface area contributed by atoms with Gasteiger partial charge in [-0.1, -0.05) is 46.4 Å². The quantitative estimate of drug-likeness (QED) is 0.463. The number of amides is 1. The van der Waals surface area contributed by atoms with Crippen molar-refractivity contribution in [2.45, 2.75) is 17.9 Å². The van der Waals surface area contributed by atoms with Gasteiger partial charge in [-0.15, -0.1) is 11.8 Å². The highest BCUT2D eigenvalue weighted by atomic mass is 35.5. The number of carbonyl (C=O) groups is 2. The summed E-state index contributed by atoms with van der Waals surface area (Å²) >= 11 is 24.7. The topological polar surface area (TPSA) is 66.4 Å². The Morgan fingerprint density at radius 3 is 2.35 bits per heavy atom. The first kappa shape index (κ1) is 17.7. The summed E-state index contributed by atoms with van der Waals surface area (Å²) in [4.78, 5) is 22.4. The van der Waals surface area contributed by atoms with Gasteiger partial charge in [0.15, 0.2) is 0 Å². The van der Waals surface area contributed by atoms with E-state index in [4.69, 9.17) is 51.5 Å². The van der Waals surface area contributed by atoms with Crippen molar-refractivity contribution in [2.75, 3.05) is 5.75 Å². The van der Waals surface area contributed by atoms with Crippen molar-refractivity contribution in [2.24, 2.45) is 0 Å². The van der Waals surface area contributed by atoms with Gasteiger partial charge in [-0.05, 0) is 6.07 Å². The van der Waals surface area contributed by atoms with Gasteiger partial charge in [0.2, 0.25) is 5.91 Å². The molecule has 0 radical (unpaired) electrons. The number of hydrogen-bond donors (Lipinski definition) is 2. The third-order valence-electron chi connectivity index (χ3n) is 2.15. The molecule has 9 heteroatoms. The fraction of sp³-hybridized carbons (Fsp3) is 0.273. The van der Waals surface area contributed by atoms with Crippen LogP contribution in [0.2, 0.25) is 20.1 Å². The molecule has 1 aromatic carbocycles. The normalized spacial score (nSPS) is 12.1. The Morgan fingerprint density at radius 2 is 1.85 bits per heavy atom. The predicted octanol–water partition coefficient (Wildman–Crippen LogP) is 3.98. The summed E-state index contributed by atoms with van der Waals surface area (Å²) < 4.78 is 0. The van der Waals surface area contributed by atoms with Gasteiger partial charge in [-0.3, -0.25) is 4.79 Å². The number of hydrogen-bond acceptors (Lipinski definition) is 3. The lowest BCUT2D eigenvalue weighted by molar-refractivity contribution is -0.140. The molecule has 0 fully saturated rings. The van der Waals surface area contributed by atoms with Gasteiger partial charge in [0, 0.05) is 17.6 Å². The number of carboxylic acids is 1. The number of carbonyl (C=O) groups excluding carboxylic acids is 1. The zero-order valence-electron chi connectivity index (χ0n) is 10.0. The van der Waals surface area contributed by atoms with Crippen molar-refractivity contribution in [3.8, 4) is 0 Å². The third kappa shape index (κ3) is 4.60. The lowest BCUT2D eigenvalue weighted by Gasteiger charge is -2.14. The molecular weight excluding hydrogens is 368 g/mol. The summed E-state index contributed by atoms with van der Waals surface area (Å²) in [6.07, 6.45) is 0. The highest BCUT2D eigenvalue weighted by Gasteiger charge is 2.20. The molecule has 2 N–H and O–H groups in total. The van der Waals surface area contributed by atoms with E-state index in [1.165, 1.54) is 13.0 Å². The zero-order valence-corrected chi connectivity index (χ0v) is 13.9. The average molecular weight is 377 g/mol. The first-order valence-electron chi connectivity index (χ1n) is 5.19. The summed E-state index contributed by atoms with van der Waals surface area (Å²) in [5.41, 5.74) is 0. The fourth-order valence-corrected chi connectivity index (χ4v) is 3.34. The number of nitrogens with one attached hydrogen (secondary N) is 1. The van der Waals surface area contributed by atoms with Gasteiger partial charge in [0.1, 0.15) is 6.04 Å². The fourth-order valence-electron chi connectivity index (χ4n) is 1.25. The molecule has 1 rings (SSSR count). The van der Waals surface area contributed by atoms with E-state index >= 15 is 0 Å². The maximum atomic E-state index is 11.0. The summed E-state index contributed by atoms with van der Waals surface area (Å²) in [6.45, 7) is 1.24. The second-order valence-electron chi connectivity index (χ2n) is 3.70. The number of aliphatic carboxylic acids is 1. The van der Waals surface area contributed by atoms with Crippen LogP contribution in [-0.4, -0.2) is 28.8 Å². The van der Waals surface area contributed by atoms with Crippen LogP contribution in [0.4, 0.5) is 0 Å². The smallest absolute Gasteiger partial charge is 0.327 e. The van der Waals surface area contributed by atoms with Crippen LogP contribution in [0.5, 0.6) is 0 Å². The number of halogens is 4. The summed E-state index contributed by atoms with van der Waals surface area (Å²) in [5.74, 6) is -1.51. The molecule has 4 nitrogen and oxygen atoms in total. The van der Waals surface area contributed by atoms with Crippen molar-refractivity contribution in [1.29, 1.82) is 0 Å². The summed E-state index contributed by atoms with van der Waals surface area (Å²) in [6, 6.07) is 0.455. The Hall–Kier alpha value is -0.330. The highest BCUT2D eigenvalue weighted by Crippen LogP contribution is 2.42. The SMILES string of the molecule is CC(=O)NC(CSc1cc(Cl)c(Cl)c(Cl)c1Cl)C(=O)O. The van der Waals surface area contributed by atoms with E-state index in [9.17, 15) is 9.59 Å². The third-order valence-corrected chi connectivity index (χ3v) is 5.15. The maximum Gasteiger partial charge on any atom is 0.327 e. The molecule has 0 saturated heterocycles. The van der Waals surface area contributed by atoms with Gasteiger partial charge in [0.25, 0.3) is 0 Å². The molecule has 1 unspecified atom stereocenters. The van der Waals surface area contributed by atoms with E-state index in [0.29, 0.717) is 4.90 Å². The average Bonchev–Trinajstić information content (AvgIpc) is 2.36. The van der Waals surface area contributed by atoms with Crippen LogP contribution in [0.25, 0.3) is 0 Å². The monoisotopic (exact) mass is 375 g/mol. The summed E-state index contributed by atoms with van der Waals surface area (Å²) in [5, 5.41) is 12.0. The number of rotatable bonds is 5. The molecule has 0 saturated carbocycles. The molecule has 0 heterocycles. The van der Waals surface area contributed by atoms with Crippen LogP contribution in [0.3, 0.4) is 0 Å². The van der Waals surface area contributed by atoms with Gasteiger partial charge >= 0.3 is 5.97 Å². The van der Waals surface area contributed by atoms with Crippen molar-refractivity contribution in [3.05, 3.63) is 26.2 Å². The van der Waals surface area contributed by atoms with Gasteiger partial charge in [0.05, 0.1) is 20.1 Å². The van der Waals surface area contributed by atoms with Crippen LogP contribution >= 0.6 is 58.2 Å². The van der Waals surface area contributed by atoms with Gasteiger partial charge in [-0.2, -0.15) is 0 Å². The van der Waals surface area contributed by atoms with Crippen LogP contribution < -0.4 is 5.32 Å². The highest BCUT2D eigenvalue weighted by molar-refractivity contribution is 7.99. The van der Waals surface area contributed by atoms with E-state index in [1.54, 1.807) is 0 Å². The van der Waals surface area contributed by atoms with Crippen LogP contribution in [0.1, 0.15) is 6.92 Å². The van der Waals surface area contributed by atoms with Crippen molar-refractivity contribution in [1.82, 2.24) is 5.32 Å². The molecular formula is C11H9Cl4NO3S. The lowest BCUT2D eigenvalue weighted by Crippen LogP contribution is -2.41. The Kier molecular flexibility index (Phi) is 6.75. The van der Waals surface area contributed by atoms with Crippen molar-refractivity contribution < 1.29 is 14.7 Å². The second kappa shape index (κ2) is 7.61. The number of benzene rings is 1. The Morgan fingerprint density at radius 1 is 1.25 bits per heavy atom. The Labute approximate surface area is 139 Å². The Balaban J connectivity index is 2.88. The molecule has 0 aliphatic rings. The minimum absolute atomic E-state index is 0.0723. The second-order valence-corrected chi connectivity index (χ2v) is 6.30. The number of thioether (sulfide) groups is 1. The largest absolute Gasteiger partial charge is 0.480 e. The van der Waals surface area contributed by atoms with E-state index < -0.39 is 17.9 Å². The molecule has 1 amide bonds. The zero-order chi connectivity index (χ0) is 15.4. The van der Waals surface area contributed by atoms with E-state index in [0.717, 1.165) is 11.8 Å². The van der Waals surface area contributed by atoms with Crippen molar-refractivity contribution in [3.63, 3.8) is 0 Å². The van der Waals surface area contributed by atoms with Crippen LogP contribution in [0, 0.1) is 0 Å². The number of carboxylic acid groups (broad SMARTS) is 1. The standard InChI is InChI=1S/C11H9Cl4NO3S/c1-4(17)16-6(11(18)19)3-20-7-2-5(12)8(13)10(15)9(7)14/h2,6H,3H2,1H3,(H,16,17)(H,18,19). The van der Waals surface area contributed by atoms with E-state index in [2.05, 4.69) is 5.32 Å². The molecule has 1 aromatic rings. The van der Waals surface area contributed by atoms with Crippen LogP contribution in [-0.2, 0) is 9.59 Å². The molecule has 0 bridgehead atoms. The Bertz CT molecular complexity index is 553. The molecule has 0 aromatic heterocycles. The van der Waals surface area contributed by atoms with Gasteiger partial charge in [-0.25, -0.2) is 4.79 Å². The van der Waals surface area contributed by atoms with E-state index in [-0.39, 0.29) is 25.8 Å². The molecule has 0 aliphatic carbocycles. The lowest BCUT2D eigenvalue weighted by atomic mass is 10.3. The van der Waals surface area contributed by atoms with E-state index in [1.807, 2.05) is 0 Å². The summed E-state index contributed by atoms with van der Waals surface area (Å²) in [7, 11) is 0. The van der Waals surface area contributed by atoms with Crippen molar-refractivity contribution >= 4 is 70.0 Å². The minimum atomic E-state index is -1.14. The minimum Gasteiger partial charge on any atom is -0.480 e. The molecule has 0 spiro atoms.